The molecular weight excluding hydrogens is 340 g/mol. The maximum atomic E-state index is 12.2. The minimum absolute atomic E-state index is 0.0119. The summed E-state index contributed by atoms with van der Waals surface area (Å²) in [6.07, 6.45) is 1.85. The second kappa shape index (κ2) is 4.32. The Morgan fingerprint density at radius 2 is 2.04 bits per heavy atom. The van der Waals surface area contributed by atoms with Crippen LogP contribution in [-0.2, 0) is 18.3 Å². The van der Waals surface area contributed by atoms with Crippen molar-refractivity contribution < 1.29 is 14.9 Å². The van der Waals surface area contributed by atoms with E-state index >= 15 is 0 Å². The topological polar surface area (TPSA) is 77.5 Å². The van der Waals surface area contributed by atoms with Crippen molar-refractivity contribution in [2.45, 2.75) is 42.4 Å². The smallest absolute Gasteiger partial charge is 0.166 e. The first-order chi connectivity index (χ1) is 13.1. The van der Waals surface area contributed by atoms with Crippen LogP contribution in [0, 0.1) is 0 Å². The highest BCUT2D eigenvalue weighted by molar-refractivity contribution is 5.86. The molecular formula is C22H20N2O3. The molecule has 2 aliphatic carbocycles. The molecule has 7 rings (SSSR count). The van der Waals surface area contributed by atoms with E-state index in [0.29, 0.717) is 12.2 Å². The molecule has 1 spiro atoms. The summed E-state index contributed by atoms with van der Waals surface area (Å²) in [5, 5.41) is 27.5. The molecule has 3 aromatic rings. The number of aromatic nitrogens is 1. The quantitative estimate of drug-likeness (QED) is 0.497. The predicted octanol–water partition coefficient (Wildman–Crippen LogP) is 2.45. The lowest BCUT2D eigenvalue weighted by Gasteiger charge is -2.59. The van der Waals surface area contributed by atoms with E-state index < -0.39 is 11.0 Å². The Hall–Kier alpha value is -2.50. The van der Waals surface area contributed by atoms with Crippen LogP contribution in [0.25, 0.3) is 10.9 Å². The van der Waals surface area contributed by atoms with Crippen LogP contribution < -0.4 is 10.1 Å². The number of hydrogen-bond donors (Lipinski definition) is 4. The predicted molar refractivity (Wildman–Crippen MR) is 100 cm³/mol. The van der Waals surface area contributed by atoms with Gasteiger partial charge in [-0.25, -0.2) is 0 Å². The van der Waals surface area contributed by atoms with Crippen molar-refractivity contribution in [3.05, 3.63) is 58.8 Å². The third kappa shape index (κ3) is 1.39. The highest BCUT2D eigenvalue weighted by Gasteiger charge is 2.71. The Morgan fingerprint density at radius 1 is 1.15 bits per heavy atom. The summed E-state index contributed by atoms with van der Waals surface area (Å²) in [7, 11) is 0. The fourth-order valence-corrected chi connectivity index (χ4v) is 6.53. The number of aromatic amines is 1. The lowest BCUT2D eigenvalue weighted by atomic mass is 9.49. The standard InChI is InChI=1S/C22H20N2O3/c25-15-6-5-11-9-16-22(26)10-13-12-3-1-2-4-14(12)24-18(13)20-21(22,7-8-23-16)17(11)19(15)27-20/h1-6,16,20,23-26H,7-10H2/t16?,20-,21-,22+/m0/s1. The summed E-state index contributed by atoms with van der Waals surface area (Å²) in [6, 6.07) is 12.0. The Morgan fingerprint density at radius 3 is 2.96 bits per heavy atom. The van der Waals surface area contributed by atoms with Crippen LogP contribution in [0.5, 0.6) is 11.5 Å². The third-order valence-corrected chi connectivity index (χ3v) is 7.59. The second-order valence-electron chi connectivity index (χ2n) is 8.54. The summed E-state index contributed by atoms with van der Waals surface area (Å²) in [5.41, 5.74) is 4.07. The maximum absolute atomic E-state index is 12.2. The van der Waals surface area contributed by atoms with Crippen LogP contribution >= 0.6 is 0 Å². The van der Waals surface area contributed by atoms with Gasteiger partial charge in [0, 0.05) is 28.9 Å². The highest BCUT2D eigenvalue weighted by Crippen LogP contribution is 2.67. The van der Waals surface area contributed by atoms with Crippen LogP contribution in [0.2, 0.25) is 0 Å². The Balaban J connectivity index is 1.62. The number of hydrogen-bond acceptors (Lipinski definition) is 4. The van der Waals surface area contributed by atoms with E-state index in [0.717, 1.165) is 47.1 Å². The average Bonchev–Trinajstić information content (AvgIpc) is 3.18. The Kier molecular flexibility index (Phi) is 2.33. The van der Waals surface area contributed by atoms with Gasteiger partial charge in [0.15, 0.2) is 17.6 Å². The number of nitrogens with one attached hydrogen (secondary N) is 2. The molecule has 1 saturated heterocycles. The van der Waals surface area contributed by atoms with Gasteiger partial charge in [0.2, 0.25) is 0 Å². The normalized spacial score (nSPS) is 34.9. The molecule has 1 unspecified atom stereocenters. The van der Waals surface area contributed by atoms with Gasteiger partial charge in [-0.1, -0.05) is 24.3 Å². The molecule has 2 bridgehead atoms. The minimum atomic E-state index is -0.931. The molecule has 5 nitrogen and oxygen atoms in total. The molecule has 0 radical (unpaired) electrons. The number of phenols is 1. The molecule has 136 valence electrons. The van der Waals surface area contributed by atoms with Crippen molar-refractivity contribution in [1.29, 1.82) is 0 Å². The number of H-pyrrole nitrogens is 1. The van der Waals surface area contributed by atoms with Crippen molar-refractivity contribution >= 4 is 10.9 Å². The molecule has 3 heterocycles. The largest absolute Gasteiger partial charge is 0.504 e. The van der Waals surface area contributed by atoms with Crippen molar-refractivity contribution in [1.82, 2.24) is 10.3 Å². The number of benzene rings is 2. The zero-order chi connectivity index (χ0) is 18.0. The van der Waals surface area contributed by atoms with Gasteiger partial charge in [0.1, 0.15) is 0 Å². The second-order valence-corrected chi connectivity index (χ2v) is 8.54. The molecule has 2 aromatic carbocycles. The van der Waals surface area contributed by atoms with Gasteiger partial charge in [-0.05, 0) is 42.6 Å². The van der Waals surface area contributed by atoms with Gasteiger partial charge in [-0.3, -0.25) is 0 Å². The van der Waals surface area contributed by atoms with E-state index in [-0.39, 0.29) is 17.9 Å². The van der Waals surface area contributed by atoms with Crippen LogP contribution in [0.4, 0.5) is 0 Å². The van der Waals surface area contributed by atoms with Crippen LogP contribution in [0.1, 0.15) is 34.9 Å². The Bertz CT molecular complexity index is 1150. The first-order valence-corrected chi connectivity index (χ1v) is 9.71. The summed E-state index contributed by atoms with van der Waals surface area (Å²) in [6.45, 7) is 0.844. The van der Waals surface area contributed by atoms with E-state index in [1.807, 2.05) is 18.2 Å². The molecule has 5 heteroatoms. The summed E-state index contributed by atoms with van der Waals surface area (Å²) < 4.78 is 6.46. The summed E-state index contributed by atoms with van der Waals surface area (Å²) in [5.74, 6) is 0.747. The molecule has 4 aliphatic rings. The Labute approximate surface area is 156 Å². The lowest BCUT2D eigenvalue weighted by molar-refractivity contribution is -0.134. The minimum Gasteiger partial charge on any atom is -0.504 e. The van der Waals surface area contributed by atoms with E-state index in [9.17, 15) is 10.2 Å². The summed E-state index contributed by atoms with van der Waals surface area (Å²) >= 11 is 0. The molecule has 1 aromatic heterocycles. The first-order valence-electron chi connectivity index (χ1n) is 9.71. The first kappa shape index (κ1) is 14.5. The average molecular weight is 360 g/mol. The fraction of sp³-hybridized carbons (Fsp3) is 0.364. The molecule has 0 amide bonds. The number of para-hydroxylation sites is 1. The molecule has 4 atom stereocenters. The highest BCUT2D eigenvalue weighted by atomic mass is 16.5. The number of rotatable bonds is 0. The zero-order valence-electron chi connectivity index (χ0n) is 14.7. The van der Waals surface area contributed by atoms with Gasteiger partial charge < -0.3 is 25.3 Å². The van der Waals surface area contributed by atoms with Gasteiger partial charge in [-0.15, -0.1) is 0 Å². The number of piperidine rings is 1. The van der Waals surface area contributed by atoms with Crippen LogP contribution in [-0.4, -0.2) is 33.4 Å². The van der Waals surface area contributed by atoms with Crippen molar-refractivity contribution in [3.8, 4) is 11.5 Å². The van der Waals surface area contributed by atoms with E-state index in [1.165, 1.54) is 5.56 Å². The molecule has 27 heavy (non-hydrogen) atoms. The van der Waals surface area contributed by atoms with Gasteiger partial charge >= 0.3 is 0 Å². The monoisotopic (exact) mass is 360 g/mol. The molecule has 0 saturated carbocycles. The van der Waals surface area contributed by atoms with Crippen molar-refractivity contribution in [2.24, 2.45) is 0 Å². The van der Waals surface area contributed by atoms with E-state index in [4.69, 9.17) is 4.74 Å². The van der Waals surface area contributed by atoms with Crippen molar-refractivity contribution in [3.63, 3.8) is 0 Å². The maximum Gasteiger partial charge on any atom is 0.166 e. The van der Waals surface area contributed by atoms with E-state index in [1.54, 1.807) is 6.07 Å². The summed E-state index contributed by atoms with van der Waals surface area (Å²) in [4.78, 5) is 3.58. The van der Waals surface area contributed by atoms with Crippen LogP contribution in [0.3, 0.4) is 0 Å². The number of ether oxygens (including phenoxy) is 1. The van der Waals surface area contributed by atoms with Crippen LogP contribution in [0.15, 0.2) is 36.4 Å². The van der Waals surface area contributed by atoms with Gasteiger partial charge in [0.05, 0.1) is 16.7 Å². The lowest BCUT2D eigenvalue weighted by Crippen LogP contribution is -2.73. The van der Waals surface area contributed by atoms with Gasteiger partial charge in [-0.2, -0.15) is 0 Å². The third-order valence-electron chi connectivity index (χ3n) is 7.59. The molecule has 4 N–H and O–H groups in total. The van der Waals surface area contributed by atoms with Gasteiger partial charge in [0.25, 0.3) is 0 Å². The number of phenolic OH excluding ortho intramolecular Hbond substituents is 1. The number of aliphatic hydroxyl groups is 1. The molecule has 1 fully saturated rings. The number of aromatic hydroxyl groups is 1. The number of fused-ring (bicyclic) bond motifs is 4. The fourth-order valence-electron chi connectivity index (χ4n) is 6.53. The van der Waals surface area contributed by atoms with Crippen molar-refractivity contribution in [2.75, 3.05) is 6.54 Å². The zero-order valence-corrected chi connectivity index (χ0v) is 14.7. The SMILES string of the molecule is Oc1ccc2c3c1O[C@H]1c4[nH]c5ccccc5c4C[C@@]4(O)C(C2)NCC[C@]314. The molecule has 2 aliphatic heterocycles. The van der Waals surface area contributed by atoms with E-state index in [2.05, 4.69) is 22.4 Å².